The third-order valence-corrected chi connectivity index (χ3v) is 1.17. The number of rotatable bonds is 4. The summed E-state index contributed by atoms with van der Waals surface area (Å²) in [6.07, 6.45) is -0.816. The van der Waals surface area contributed by atoms with E-state index in [2.05, 4.69) is 14.8 Å². The van der Waals surface area contributed by atoms with Crippen LogP contribution in [0.4, 0.5) is 4.79 Å². The van der Waals surface area contributed by atoms with Crippen LogP contribution >= 0.6 is 0 Å². The maximum Gasteiger partial charge on any atom is 0.404 e. The Morgan fingerprint density at radius 2 is 2.33 bits per heavy atom. The van der Waals surface area contributed by atoms with Gasteiger partial charge in [0.1, 0.15) is 0 Å². The molecule has 0 unspecified atom stereocenters. The molecular weight excluding hydrogens is 160 g/mol. The van der Waals surface area contributed by atoms with Crippen LogP contribution in [-0.4, -0.2) is 19.2 Å². The fraction of sp³-hybridized carbons (Fsp3) is 0.833. The van der Waals surface area contributed by atoms with Gasteiger partial charge in [-0.05, 0) is 5.53 Å². The van der Waals surface area contributed by atoms with Gasteiger partial charge in [-0.25, -0.2) is 4.79 Å². The molecule has 0 aliphatic rings. The SMILES string of the molecule is CC(C)(CN=[N+]=[N-])COC(N)=O. The van der Waals surface area contributed by atoms with Crippen molar-refractivity contribution >= 4 is 6.09 Å². The predicted octanol–water partition coefficient (Wildman–Crippen LogP) is 1.42. The van der Waals surface area contributed by atoms with Crippen LogP contribution < -0.4 is 5.73 Å². The summed E-state index contributed by atoms with van der Waals surface area (Å²) < 4.78 is 4.56. The minimum atomic E-state index is -0.816. The van der Waals surface area contributed by atoms with E-state index >= 15 is 0 Å². The molecule has 0 spiro atoms. The second kappa shape index (κ2) is 4.46. The molecule has 0 fully saturated rings. The Bertz CT molecular complexity index is 208. The van der Waals surface area contributed by atoms with Gasteiger partial charge in [-0.15, -0.1) is 0 Å². The maximum absolute atomic E-state index is 10.2. The average Bonchev–Trinajstić information content (AvgIpc) is 1.98. The first-order chi connectivity index (χ1) is 5.48. The van der Waals surface area contributed by atoms with Crippen LogP contribution in [0.15, 0.2) is 5.11 Å². The summed E-state index contributed by atoms with van der Waals surface area (Å²) in [5.41, 5.74) is 12.4. The second-order valence-corrected chi connectivity index (χ2v) is 3.16. The molecule has 6 heteroatoms. The Balaban J connectivity index is 3.85. The van der Waals surface area contributed by atoms with Crippen molar-refractivity contribution in [2.24, 2.45) is 16.3 Å². The molecular formula is C6H12N4O2. The minimum Gasteiger partial charge on any atom is -0.449 e. The molecule has 0 bridgehead atoms. The molecule has 0 atom stereocenters. The van der Waals surface area contributed by atoms with Crippen LogP contribution in [0.3, 0.4) is 0 Å². The highest BCUT2D eigenvalue weighted by Gasteiger charge is 2.18. The Hall–Kier alpha value is -1.42. The second-order valence-electron chi connectivity index (χ2n) is 3.16. The van der Waals surface area contributed by atoms with Crippen LogP contribution in [0, 0.1) is 5.41 Å². The number of nitrogens with zero attached hydrogens (tertiary/aromatic N) is 3. The predicted molar refractivity (Wildman–Crippen MR) is 43.3 cm³/mol. The molecule has 0 saturated heterocycles. The molecule has 0 heterocycles. The van der Waals surface area contributed by atoms with Crippen molar-refractivity contribution in [1.82, 2.24) is 0 Å². The zero-order valence-corrected chi connectivity index (χ0v) is 7.15. The van der Waals surface area contributed by atoms with E-state index in [1.165, 1.54) is 0 Å². The highest BCUT2D eigenvalue weighted by Crippen LogP contribution is 2.15. The molecule has 1 amide bonds. The molecule has 0 saturated carbocycles. The molecule has 2 N–H and O–H groups in total. The van der Waals surface area contributed by atoms with Gasteiger partial charge < -0.3 is 10.5 Å². The lowest BCUT2D eigenvalue weighted by molar-refractivity contribution is 0.110. The zero-order valence-electron chi connectivity index (χ0n) is 7.15. The van der Waals surface area contributed by atoms with E-state index in [1.807, 2.05) is 13.8 Å². The molecule has 68 valence electrons. The van der Waals surface area contributed by atoms with Crippen molar-refractivity contribution in [2.75, 3.05) is 13.2 Å². The Kier molecular flexibility index (Phi) is 3.93. The van der Waals surface area contributed by atoms with Crippen molar-refractivity contribution in [2.45, 2.75) is 13.8 Å². The van der Waals surface area contributed by atoms with E-state index in [4.69, 9.17) is 11.3 Å². The van der Waals surface area contributed by atoms with Crippen LogP contribution in [-0.2, 0) is 4.74 Å². The van der Waals surface area contributed by atoms with Crippen molar-refractivity contribution in [1.29, 1.82) is 0 Å². The third kappa shape index (κ3) is 5.37. The van der Waals surface area contributed by atoms with Gasteiger partial charge in [-0.1, -0.05) is 19.0 Å². The van der Waals surface area contributed by atoms with Crippen molar-refractivity contribution < 1.29 is 9.53 Å². The molecule has 0 radical (unpaired) electrons. The van der Waals surface area contributed by atoms with E-state index in [1.54, 1.807) is 0 Å². The molecule has 0 aliphatic heterocycles. The lowest BCUT2D eigenvalue weighted by atomic mass is 9.95. The summed E-state index contributed by atoms with van der Waals surface area (Å²) >= 11 is 0. The van der Waals surface area contributed by atoms with Crippen molar-refractivity contribution in [3.05, 3.63) is 10.4 Å². The molecule has 12 heavy (non-hydrogen) atoms. The molecule has 0 aromatic heterocycles. The number of amides is 1. The molecule has 0 aromatic carbocycles. The summed E-state index contributed by atoms with van der Waals surface area (Å²) in [6.45, 7) is 4.05. The molecule has 6 nitrogen and oxygen atoms in total. The van der Waals surface area contributed by atoms with Gasteiger partial charge in [0.05, 0.1) is 6.61 Å². The van der Waals surface area contributed by atoms with Crippen molar-refractivity contribution in [3.8, 4) is 0 Å². The van der Waals surface area contributed by atoms with E-state index in [0.717, 1.165) is 0 Å². The first-order valence-electron chi connectivity index (χ1n) is 3.41. The quantitative estimate of drug-likeness (QED) is 0.393. The van der Waals surface area contributed by atoms with Gasteiger partial charge in [0, 0.05) is 16.9 Å². The monoisotopic (exact) mass is 172 g/mol. The maximum atomic E-state index is 10.2. The van der Waals surface area contributed by atoms with Crippen LogP contribution in [0.5, 0.6) is 0 Å². The van der Waals surface area contributed by atoms with E-state index in [-0.39, 0.29) is 18.6 Å². The van der Waals surface area contributed by atoms with E-state index in [0.29, 0.717) is 0 Å². The summed E-state index contributed by atoms with van der Waals surface area (Å²) in [5, 5.41) is 3.37. The molecule has 0 aliphatic carbocycles. The van der Waals surface area contributed by atoms with E-state index < -0.39 is 6.09 Å². The lowest BCUT2D eigenvalue weighted by Crippen LogP contribution is -2.26. The number of nitrogens with two attached hydrogens (primary N) is 1. The summed E-state index contributed by atoms with van der Waals surface area (Å²) in [7, 11) is 0. The number of hydrogen-bond donors (Lipinski definition) is 1. The van der Waals surface area contributed by atoms with Gasteiger partial charge in [0.25, 0.3) is 0 Å². The number of hydrogen-bond acceptors (Lipinski definition) is 3. The first kappa shape index (κ1) is 10.6. The Morgan fingerprint density at radius 3 is 2.75 bits per heavy atom. The van der Waals surface area contributed by atoms with Gasteiger partial charge in [0.2, 0.25) is 0 Å². The largest absolute Gasteiger partial charge is 0.449 e. The summed E-state index contributed by atoms with van der Waals surface area (Å²) in [5.74, 6) is 0. The molecule has 0 aromatic rings. The highest BCUT2D eigenvalue weighted by atomic mass is 16.5. The third-order valence-electron chi connectivity index (χ3n) is 1.17. The normalized spacial score (nSPS) is 10.2. The standard InChI is InChI=1S/C6H12N4O2/c1-6(2,3-9-10-8)4-12-5(7)11/h3-4H2,1-2H3,(H2,7,11). The lowest BCUT2D eigenvalue weighted by Gasteiger charge is -2.20. The van der Waals surface area contributed by atoms with Gasteiger partial charge in [0.15, 0.2) is 0 Å². The van der Waals surface area contributed by atoms with Crippen LogP contribution in [0.2, 0.25) is 0 Å². The zero-order chi connectivity index (χ0) is 9.61. The number of carbonyl (C=O) groups is 1. The average molecular weight is 172 g/mol. The number of carbonyl (C=O) groups excluding carboxylic acids is 1. The number of azide groups is 1. The summed E-state index contributed by atoms with van der Waals surface area (Å²) in [6, 6.07) is 0. The Morgan fingerprint density at radius 1 is 1.75 bits per heavy atom. The topological polar surface area (TPSA) is 101 Å². The first-order valence-corrected chi connectivity index (χ1v) is 3.41. The number of primary amides is 1. The fourth-order valence-corrected chi connectivity index (χ4v) is 0.535. The number of ether oxygens (including phenoxy) is 1. The fourth-order valence-electron chi connectivity index (χ4n) is 0.535. The molecule has 0 rings (SSSR count). The Labute approximate surface area is 70.3 Å². The van der Waals surface area contributed by atoms with Crippen molar-refractivity contribution in [3.63, 3.8) is 0 Å². The minimum absolute atomic E-state index is 0.154. The highest BCUT2D eigenvalue weighted by molar-refractivity contribution is 5.64. The van der Waals surface area contributed by atoms with Gasteiger partial charge in [-0.3, -0.25) is 0 Å². The van der Waals surface area contributed by atoms with Crippen LogP contribution in [0.25, 0.3) is 10.4 Å². The summed E-state index contributed by atoms with van der Waals surface area (Å²) in [4.78, 5) is 12.8. The van der Waals surface area contributed by atoms with Crippen LogP contribution in [0.1, 0.15) is 13.8 Å². The van der Waals surface area contributed by atoms with Gasteiger partial charge in [-0.2, -0.15) is 0 Å². The van der Waals surface area contributed by atoms with E-state index in [9.17, 15) is 4.79 Å². The smallest absolute Gasteiger partial charge is 0.404 e. The van der Waals surface area contributed by atoms with Gasteiger partial charge >= 0.3 is 6.09 Å².